The molecule has 0 atom stereocenters. The minimum absolute atomic E-state index is 0.0756. The second kappa shape index (κ2) is 6.32. The molecular weight excluding hydrogens is 283 g/mol. The molecule has 1 saturated carbocycles. The normalized spacial score (nSPS) is 15.1. The predicted octanol–water partition coefficient (Wildman–Crippen LogP) is 0.566. The van der Waals surface area contributed by atoms with E-state index in [1.807, 2.05) is 0 Å². The fourth-order valence-electron chi connectivity index (χ4n) is 1.70. The summed E-state index contributed by atoms with van der Waals surface area (Å²) in [6.07, 6.45) is 1.98. The summed E-state index contributed by atoms with van der Waals surface area (Å²) in [5, 5.41) is 2.68. The van der Waals surface area contributed by atoms with Gasteiger partial charge < -0.3 is 5.32 Å². The number of benzene rings is 1. The lowest BCUT2D eigenvalue weighted by Crippen LogP contribution is -2.39. The maximum Gasteiger partial charge on any atom is 0.235 e. The molecule has 1 aromatic carbocycles. The Labute approximate surface area is 117 Å². The van der Waals surface area contributed by atoms with Gasteiger partial charge in [0.25, 0.3) is 0 Å². The Morgan fingerprint density at radius 3 is 2.65 bits per heavy atom. The number of aryl methyl sites for hydroxylation is 1. The Hall–Kier alpha value is -1.47. The topological polar surface area (TPSA) is 75.3 Å². The van der Waals surface area contributed by atoms with E-state index in [0.29, 0.717) is 5.56 Å². The molecular formula is C13H17FN2O3S. The van der Waals surface area contributed by atoms with Gasteiger partial charge in [-0.25, -0.2) is 17.5 Å². The number of hydrogen-bond donors (Lipinski definition) is 2. The quantitative estimate of drug-likeness (QED) is 0.773. The van der Waals surface area contributed by atoms with Gasteiger partial charge in [-0.05, 0) is 30.9 Å². The molecule has 0 heterocycles. The van der Waals surface area contributed by atoms with Gasteiger partial charge >= 0.3 is 0 Å². The van der Waals surface area contributed by atoms with Crippen LogP contribution in [0.2, 0.25) is 0 Å². The van der Waals surface area contributed by atoms with E-state index in [0.717, 1.165) is 12.8 Å². The SMILES string of the molecule is O=C(CNS(=O)(=O)CCc1ccccc1F)NC1CC1. The van der Waals surface area contributed by atoms with Gasteiger partial charge in [-0.1, -0.05) is 18.2 Å². The third-order valence-electron chi connectivity index (χ3n) is 2.99. The zero-order chi connectivity index (χ0) is 14.6. The zero-order valence-corrected chi connectivity index (χ0v) is 11.7. The molecule has 1 amide bonds. The van der Waals surface area contributed by atoms with E-state index >= 15 is 0 Å². The molecule has 7 heteroatoms. The lowest BCUT2D eigenvalue weighted by molar-refractivity contribution is -0.120. The molecule has 0 aliphatic heterocycles. The highest BCUT2D eigenvalue weighted by Crippen LogP contribution is 2.18. The molecule has 0 unspecified atom stereocenters. The molecule has 1 fully saturated rings. The van der Waals surface area contributed by atoms with Crippen LogP contribution in [0.15, 0.2) is 24.3 Å². The van der Waals surface area contributed by atoms with Crippen molar-refractivity contribution in [2.45, 2.75) is 25.3 Å². The highest BCUT2D eigenvalue weighted by Gasteiger charge is 2.23. The van der Waals surface area contributed by atoms with Gasteiger partial charge in [-0.3, -0.25) is 4.79 Å². The van der Waals surface area contributed by atoms with Crippen molar-refractivity contribution in [3.05, 3.63) is 35.6 Å². The van der Waals surface area contributed by atoms with Crippen LogP contribution in [-0.4, -0.2) is 32.7 Å². The average Bonchev–Trinajstić information content (AvgIpc) is 3.20. The number of amides is 1. The van der Waals surface area contributed by atoms with Gasteiger partial charge in [0.1, 0.15) is 5.82 Å². The van der Waals surface area contributed by atoms with Gasteiger partial charge in [-0.2, -0.15) is 0 Å². The summed E-state index contributed by atoms with van der Waals surface area (Å²) < 4.78 is 39.0. The van der Waals surface area contributed by atoms with Crippen molar-refractivity contribution in [3.8, 4) is 0 Å². The Morgan fingerprint density at radius 1 is 1.30 bits per heavy atom. The first kappa shape index (κ1) is 14.9. The van der Waals surface area contributed by atoms with E-state index in [1.54, 1.807) is 18.2 Å². The molecule has 1 aromatic rings. The molecule has 0 aromatic heterocycles. The number of nitrogens with one attached hydrogen (secondary N) is 2. The minimum atomic E-state index is -3.58. The largest absolute Gasteiger partial charge is 0.352 e. The fraction of sp³-hybridized carbons (Fsp3) is 0.462. The van der Waals surface area contributed by atoms with Crippen molar-refractivity contribution >= 4 is 15.9 Å². The Morgan fingerprint density at radius 2 is 2.00 bits per heavy atom. The van der Waals surface area contributed by atoms with Crippen molar-refractivity contribution in [2.75, 3.05) is 12.3 Å². The van der Waals surface area contributed by atoms with Crippen molar-refractivity contribution in [1.82, 2.24) is 10.0 Å². The summed E-state index contributed by atoms with van der Waals surface area (Å²) in [5.74, 6) is -0.999. The van der Waals surface area contributed by atoms with Crippen LogP contribution in [0.25, 0.3) is 0 Å². The number of carbonyl (C=O) groups is 1. The number of rotatable bonds is 7. The van der Waals surface area contributed by atoms with Crippen LogP contribution >= 0.6 is 0 Å². The monoisotopic (exact) mass is 300 g/mol. The first-order chi connectivity index (χ1) is 9.46. The van der Waals surface area contributed by atoms with Crippen LogP contribution < -0.4 is 10.0 Å². The first-order valence-corrected chi connectivity index (χ1v) is 8.11. The molecule has 110 valence electrons. The highest BCUT2D eigenvalue weighted by atomic mass is 32.2. The molecule has 0 saturated heterocycles. The molecule has 0 radical (unpaired) electrons. The second-order valence-electron chi connectivity index (χ2n) is 4.82. The maximum atomic E-state index is 13.3. The molecule has 1 aliphatic rings. The molecule has 20 heavy (non-hydrogen) atoms. The molecule has 1 aliphatic carbocycles. The summed E-state index contributed by atoms with van der Waals surface area (Å²) in [7, 11) is -3.58. The van der Waals surface area contributed by atoms with Crippen LogP contribution in [0.5, 0.6) is 0 Å². The van der Waals surface area contributed by atoms with E-state index in [9.17, 15) is 17.6 Å². The molecule has 0 bridgehead atoms. The number of sulfonamides is 1. The fourth-order valence-corrected chi connectivity index (χ4v) is 2.68. The van der Waals surface area contributed by atoms with E-state index in [2.05, 4.69) is 10.0 Å². The van der Waals surface area contributed by atoms with Crippen molar-refractivity contribution in [1.29, 1.82) is 0 Å². The standard InChI is InChI=1S/C13H17FN2O3S/c14-12-4-2-1-3-10(12)7-8-20(18,19)15-9-13(17)16-11-5-6-11/h1-4,11,15H,5-9H2,(H,16,17). The summed E-state index contributed by atoms with van der Waals surface area (Å²) in [6.45, 7) is -0.268. The van der Waals surface area contributed by atoms with Crippen molar-refractivity contribution in [2.24, 2.45) is 0 Å². The predicted molar refractivity (Wildman–Crippen MR) is 73.1 cm³/mol. The van der Waals surface area contributed by atoms with Gasteiger partial charge in [0.15, 0.2) is 0 Å². The average molecular weight is 300 g/mol. The van der Waals surface area contributed by atoms with Crippen LogP contribution in [0.3, 0.4) is 0 Å². The smallest absolute Gasteiger partial charge is 0.235 e. The van der Waals surface area contributed by atoms with E-state index in [-0.39, 0.29) is 30.7 Å². The van der Waals surface area contributed by atoms with E-state index in [4.69, 9.17) is 0 Å². The lowest BCUT2D eigenvalue weighted by atomic mass is 10.2. The van der Waals surface area contributed by atoms with Gasteiger partial charge in [0.2, 0.25) is 15.9 Å². The van der Waals surface area contributed by atoms with Gasteiger partial charge in [0.05, 0.1) is 12.3 Å². The van der Waals surface area contributed by atoms with Crippen molar-refractivity contribution < 1.29 is 17.6 Å². The summed E-state index contributed by atoms with van der Waals surface area (Å²) in [5.41, 5.74) is 0.348. The van der Waals surface area contributed by atoms with Crippen molar-refractivity contribution in [3.63, 3.8) is 0 Å². The zero-order valence-electron chi connectivity index (χ0n) is 10.9. The van der Waals surface area contributed by atoms with Crippen LogP contribution in [-0.2, 0) is 21.2 Å². The van der Waals surface area contributed by atoms with Gasteiger partial charge in [-0.15, -0.1) is 0 Å². The minimum Gasteiger partial charge on any atom is -0.352 e. The number of hydrogen-bond acceptors (Lipinski definition) is 3. The number of halogens is 1. The summed E-state index contributed by atoms with van der Waals surface area (Å²) in [4.78, 5) is 11.4. The van der Waals surface area contributed by atoms with Crippen LogP contribution in [0.1, 0.15) is 18.4 Å². The Kier molecular flexibility index (Phi) is 4.72. The van der Waals surface area contributed by atoms with Gasteiger partial charge in [0, 0.05) is 6.04 Å². The Balaban J connectivity index is 1.78. The van der Waals surface area contributed by atoms with Crippen LogP contribution in [0, 0.1) is 5.82 Å². The highest BCUT2D eigenvalue weighted by molar-refractivity contribution is 7.89. The molecule has 0 spiro atoms. The molecule has 2 N–H and O–H groups in total. The third kappa shape index (κ3) is 4.90. The summed E-state index contributed by atoms with van der Waals surface area (Å²) >= 11 is 0. The molecule has 5 nitrogen and oxygen atoms in total. The second-order valence-corrected chi connectivity index (χ2v) is 6.75. The first-order valence-electron chi connectivity index (χ1n) is 6.46. The molecule has 2 rings (SSSR count). The van der Waals surface area contributed by atoms with E-state index < -0.39 is 15.8 Å². The maximum absolute atomic E-state index is 13.3. The van der Waals surface area contributed by atoms with Crippen LogP contribution in [0.4, 0.5) is 4.39 Å². The number of carbonyl (C=O) groups excluding carboxylic acids is 1. The van der Waals surface area contributed by atoms with E-state index in [1.165, 1.54) is 6.07 Å². The summed E-state index contributed by atoms with van der Waals surface area (Å²) in [6, 6.07) is 6.24. The lowest BCUT2D eigenvalue weighted by Gasteiger charge is -2.07. The Bertz CT molecular complexity index is 585. The third-order valence-corrected chi connectivity index (χ3v) is 4.32.